The zero-order valence-corrected chi connectivity index (χ0v) is 9.87. The molecule has 3 nitrogen and oxygen atoms in total. The van der Waals surface area contributed by atoms with E-state index in [1.54, 1.807) is 4.90 Å². The average molecular weight is 247 g/mol. The molecule has 17 heavy (non-hydrogen) atoms. The number of likely N-dealkylation sites (tertiary alicyclic amines) is 1. The van der Waals surface area contributed by atoms with Crippen LogP contribution in [-0.2, 0) is 4.79 Å². The molecule has 5 heteroatoms. The molecule has 2 fully saturated rings. The van der Waals surface area contributed by atoms with E-state index in [4.69, 9.17) is 5.11 Å². The van der Waals surface area contributed by atoms with Crippen LogP contribution < -0.4 is 0 Å². The first-order valence-electron chi connectivity index (χ1n) is 6.33. The third-order valence-corrected chi connectivity index (χ3v) is 3.94. The molecule has 1 aliphatic heterocycles. The molecule has 1 saturated carbocycles. The lowest BCUT2D eigenvalue weighted by Gasteiger charge is -2.32. The van der Waals surface area contributed by atoms with Crippen molar-refractivity contribution in [3.05, 3.63) is 0 Å². The fourth-order valence-electron chi connectivity index (χ4n) is 2.84. The number of hydrogen-bond donors (Lipinski definition) is 1. The molecule has 2 aliphatic rings. The Labute approximate surface area is 99.8 Å². The van der Waals surface area contributed by atoms with Gasteiger partial charge in [0, 0.05) is 25.3 Å². The molecule has 0 unspecified atom stereocenters. The summed E-state index contributed by atoms with van der Waals surface area (Å²) in [5.74, 6) is -2.88. The predicted octanol–water partition coefficient (Wildman–Crippen LogP) is 1.80. The summed E-state index contributed by atoms with van der Waals surface area (Å²) in [5, 5.41) is 9.15. The van der Waals surface area contributed by atoms with Crippen molar-refractivity contribution in [1.29, 1.82) is 0 Å². The Morgan fingerprint density at radius 2 is 1.94 bits per heavy atom. The average Bonchev–Trinajstić information content (AvgIpc) is 2.76. The van der Waals surface area contributed by atoms with Gasteiger partial charge in [0.1, 0.15) is 0 Å². The Kier molecular flexibility index (Phi) is 3.66. The lowest BCUT2D eigenvalue weighted by molar-refractivity contribution is -0.141. The van der Waals surface area contributed by atoms with Crippen LogP contribution in [0.25, 0.3) is 0 Å². The summed E-state index contributed by atoms with van der Waals surface area (Å²) in [6.45, 7) is 0.644. The van der Waals surface area contributed by atoms with E-state index in [0.29, 0.717) is 6.54 Å². The fourth-order valence-corrected chi connectivity index (χ4v) is 2.84. The SMILES string of the molecule is O=C(C1CCC(F)(F)CC1)N1CCC[C@H]1CO. The van der Waals surface area contributed by atoms with Gasteiger partial charge < -0.3 is 10.0 Å². The Bertz CT molecular complexity index is 286. The van der Waals surface area contributed by atoms with Gasteiger partial charge in [-0.25, -0.2) is 8.78 Å². The van der Waals surface area contributed by atoms with Gasteiger partial charge in [0.25, 0.3) is 0 Å². The summed E-state index contributed by atoms with van der Waals surface area (Å²) < 4.78 is 26.0. The summed E-state index contributed by atoms with van der Waals surface area (Å²) >= 11 is 0. The van der Waals surface area contributed by atoms with E-state index in [1.165, 1.54) is 0 Å². The van der Waals surface area contributed by atoms with Crippen molar-refractivity contribution in [2.45, 2.75) is 50.5 Å². The molecule has 1 heterocycles. The number of halogens is 2. The second-order valence-corrected chi connectivity index (χ2v) is 5.14. The minimum absolute atomic E-state index is 0.0192. The standard InChI is InChI=1S/C12H19F2NO2/c13-12(14)5-3-9(4-6-12)11(17)15-7-1-2-10(15)8-16/h9-10,16H,1-8H2/t10-/m0/s1. The number of aliphatic hydroxyl groups is 1. The highest BCUT2D eigenvalue weighted by Gasteiger charge is 2.40. The van der Waals surface area contributed by atoms with Crippen LogP contribution in [-0.4, -0.2) is 41.0 Å². The summed E-state index contributed by atoms with van der Waals surface area (Å²) in [5.41, 5.74) is 0. The first-order chi connectivity index (χ1) is 8.03. The van der Waals surface area contributed by atoms with Gasteiger partial charge in [-0.2, -0.15) is 0 Å². The van der Waals surface area contributed by atoms with Crippen LogP contribution in [0.15, 0.2) is 0 Å². The number of nitrogens with zero attached hydrogens (tertiary/aromatic N) is 1. The van der Waals surface area contributed by atoms with Crippen molar-refractivity contribution in [2.75, 3.05) is 13.2 Å². The Morgan fingerprint density at radius 1 is 1.29 bits per heavy atom. The van der Waals surface area contributed by atoms with Crippen LogP contribution >= 0.6 is 0 Å². The lowest BCUT2D eigenvalue weighted by Crippen LogP contribution is -2.43. The maximum Gasteiger partial charge on any atom is 0.248 e. The van der Waals surface area contributed by atoms with E-state index in [-0.39, 0.29) is 50.2 Å². The van der Waals surface area contributed by atoms with E-state index in [0.717, 1.165) is 12.8 Å². The minimum Gasteiger partial charge on any atom is -0.394 e. The first kappa shape index (κ1) is 12.7. The van der Waals surface area contributed by atoms with E-state index in [1.807, 2.05) is 0 Å². The van der Waals surface area contributed by atoms with Crippen LogP contribution in [0.3, 0.4) is 0 Å². The van der Waals surface area contributed by atoms with Crippen LogP contribution in [0, 0.1) is 5.92 Å². The molecule has 0 aromatic carbocycles. The van der Waals surface area contributed by atoms with Crippen molar-refractivity contribution >= 4 is 5.91 Å². The van der Waals surface area contributed by atoms with E-state index in [9.17, 15) is 13.6 Å². The molecule has 0 aromatic heterocycles. The Balaban J connectivity index is 1.92. The molecule has 2 rings (SSSR count). The first-order valence-corrected chi connectivity index (χ1v) is 6.33. The molecule has 1 aliphatic carbocycles. The van der Waals surface area contributed by atoms with Crippen LogP contribution in [0.4, 0.5) is 8.78 Å². The monoisotopic (exact) mass is 247 g/mol. The number of carbonyl (C=O) groups is 1. The third-order valence-electron chi connectivity index (χ3n) is 3.94. The molecule has 1 saturated heterocycles. The molecule has 0 radical (unpaired) electrons. The quantitative estimate of drug-likeness (QED) is 0.808. The molecule has 1 amide bonds. The van der Waals surface area contributed by atoms with E-state index >= 15 is 0 Å². The number of amides is 1. The Morgan fingerprint density at radius 3 is 2.53 bits per heavy atom. The second-order valence-electron chi connectivity index (χ2n) is 5.14. The van der Waals surface area contributed by atoms with Crippen molar-refractivity contribution < 1.29 is 18.7 Å². The van der Waals surface area contributed by atoms with Crippen LogP contribution in [0.5, 0.6) is 0 Å². The lowest BCUT2D eigenvalue weighted by atomic mass is 9.86. The smallest absolute Gasteiger partial charge is 0.248 e. The van der Waals surface area contributed by atoms with Crippen molar-refractivity contribution in [2.24, 2.45) is 5.92 Å². The number of rotatable bonds is 2. The summed E-state index contributed by atoms with van der Waals surface area (Å²) in [7, 11) is 0. The summed E-state index contributed by atoms with van der Waals surface area (Å²) in [4.78, 5) is 13.8. The van der Waals surface area contributed by atoms with E-state index in [2.05, 4.69) is 0 Å². The van der Waals surface area contributed by atoms with Crippen molar-refractivity contribution in [3.8, 4) is 0 Å². The zero-order chi connectivity index (χ0) is 12.5. The zero-order valence-electron chi connectivity index (χ0n) is 9.87. The Hall–Kier alpha value is -0.710. The predicted molar refractivity (Wildman–Crippen MR) is 58.7 cm³/mol. The van der Waals surface area contributed by atoms with Crippen LogP contribution in [0.2, 0.25) is 0 Å². The number of carbonyl (C=O) groups excluding carboxylic acids is 1. The van der Waals surface area contributed by atoms with Gasteiger partial charge in [-0.05, 0) is 25.7 Å². The van der Waals surface area contributed by atoms with Gasteiger partial charge in [-0.3, -0.25) is 4.79 Å². The molecular formula is C12H19F2NO2. The summed E-state index contributed by atoms with van der Waals surface area (Å²) in [6.07, 6.45) is 1.92. The highest BCUT2D eigenvalue weighted by molar-refractivity contribution is 5.79. The maximum absolute atomic E-state index is 13.0. The molecule has 0 spiro atoms. The van der Waals surface area contributed by atoms with Gasteiger partial charge in [-0.15, -0.1) is 0 Å². The van der Waals surface area contributed by atoms with Gasteiger partial charge in [0.05, 0.1) is 12.6 Å². The van der Waals surface area contributed by atoms with Crippen molar-refractivity contribution in [1.82, 2.24) is 4.90 Å². The second kappa shape index (κ2) is 4.88. The number of alkyl halides is 2. The number of hydrogen-bond acceptors (Lipinski definition) is 2. The van der Waals surface area contributed by atoms with Gasteiger partial charge in [-0.1, -0.05) is 0 Å². The van der Waals surface area contributed by atoms with Gasteiger partial charge in [0.15, 0.2) is 0 Å². The minimum atomic E-state index is -2.59. The van der Waals surface area contributed by atoms with Crippen molar-refractivity contribution in [3.63, 3.8) is 0 Å². The summed E-state index contributed by atoms with van der Waals surface area (Å²) in [6, 6.07) is -0.0927. The molecule has 1 N–H and O–H groups in total. The van der Waals surface area contributed by atoms with Gasteiger partial charge >= 0.3 is 0 Å². The third kappa shape index (κ3) is 2.76. The molecule has 0 aromatic rings. The highest BCUT2D eigenvalue weighted by Crippen LogP contribution is 2.37. The van der Waals surface area contributed by atoms with E-state index < -0.39 is 5.92 Å². The highest BCUT2D eigenvalue weighted by atomic mass is 19.3. The number of aliphatic hydroxyl groups excluding tert-OH is 1. The van der Waals surface area contributed by atoms with Crippen LogP contribution in [0.1, 0.15) is 38.5 Å². The molecule has 98 valence electrons. The molecule has 0 bridgehead atoms. The topological polar surface area (TPSA) is 40.5 Å². The molecular weight excluding hydrogens is 228 g/mol. The maximum atomic E-state index is 13.0. The van der Waals surface area contributed by atoms with Gasteiger partial charge in [0.2, 0.25) is 11.8 Å². The largest absolute Gasteiger partial charge is 0.394 e. The normalized spacial score (nSPS) is 29.6. The fraction of sp³-hybridized carbons (Fsp3) is 0.917. The molecule has 1 atom stereocenters.